The molecule has 1 unspecified atom stereocenters. The molecular formula is C18H23N3O3. The van der Waals surface area contributed by atoms with E-state index >= 15 is 0 Å². The number of piperidine rings is 1. The number of nitrogens with zero attached hydrogens (tertiary/aromatic N) is 3. The van der Waals surface area contributed by atoms with Gasteiger partial charge in [-0.15, -0.1) is 0 Å². The number of ether oxygens (including phenoxy) is 1. The molecule has 1 aliphatic heterocycles. The maximum atomic E-state index is 12.6. The number of aryl methyl sites for hydroxylation is 2. The second kappa shape index (κ2) is 7.57. The topological polar surface area (TPSA) is 68.5 Å². The Morgan fingerprint density at radius 2 is 2.21 bits per heavy atom. The Balaban J connectivity index is 1.53. The Labute approximate surface area is 141 Å². The molecule has 6 nitrogen and oxygen atoms in total. The van der Waals surface area contributed by atoms with Crippen molar-refractivity contribution >= 4 is 5.91 Å². The van der Waals surface area contributed by atoms with E-state index in [1.54, 1.807) is 6.92 Å². The zero-order valence-electron chi connectivity index (χ0n) is 14.2. The van der Waals surface area contributed by atoms with Crippen molar-refractivity contribution in [3.8, 4) is 0 Å². The van der Waals surface area contributed by atoms with E-state index in [4.69, 9.17) is 9.26 Å². The fraction of sp³-hybridized carbons (Fsp3) is 0.500. The Bertz CT molecular complexity index is 698. The van der Waals surface area contributed by atoms with E-state index < -0.39 is 0 Å². The van der Waals surface area contributed by atoms with Crippen molar-refractivity contribution in [2.45, 2.75) is 45.8 Å². The second-order valence-corrected chi connectivity index (χ2v) is 6.25. The van der Waals surface area contributed by atoms with Crippen LogP contribution in [0.2, 0.25) is 0 Å². The van der Waals surface area contributed by atoms with Crippen LogP contribution in [0.25, 0.3) is 0 Å². The number of benzene rings is 1. The average molecular weight is 329 g/mol. The summed E-state index contributed by atoms with van der Waals surface area (Å²) in [6.45, 7) is 5.53. The number of likely N-dealkylation sites (tertiary alicyclic amines) is 1. The van der Waals surface area contributed by atoms with Gasteiger partial charge in [0.25, 0.3) is 5.89 Å². The summed E-state index contributed by atoms with van der Waals surface area (Å²) in [5, 5.41) is 3.75. The minimum Gasteiger partial charge on any atom is -0.367 e. The summed E-state index contributed by atoms with van der Waals surface area (Å²) in [5.41, 5.74) is 2.24. The molecule has 3 rings (SSSR count). The van der Waals surface area contributed by atoms with Gasteiger partial charge in [0.2, 0.25) is 5.91 Å². The highest BCUT2D eigenvalue weighted by molar-refractivity contribution is 5.79. The van der Waals surface area contributed by atoms with Gasteiger partial charge >= 0.3 is 0 Å². The van der Waals surface area contributed by atoms with Gasteiger partial charge in [-0.05, 0) is 37.8 Å². The van der Waals surface area contributed by atoms with Gasteiger partial charge in [0.15, 0.2) is 5.82 Å². The summed E-state index contributed by atoms with van der Waals surface area (Å²) < 4.78 is 10.9. The number of hydrogen-bond acceptors (Lipinski definition) is 5. The molecule has 1 fully saturated rings. The minimum atomic E-state index is 0.0202. The Morgan fingerprint density at radius 1 is 1.38 bits per heavy atom. The van der Waals surface area contributed by atoms with Crippen molar-refractivity contribution in [1.82, 2.24) is 15.0 Å². The third-order valence-corrected chi connectivity index (χ3v) is 4.35. The van der Waals surface area contributed by atoms with Crippen LogP contribution in [0.15, 0.2) is 28.8 Å². The van der Waals surface area contributed by atoms with Gasteiger partial charge in [-0.25, -0.2) is 0 Å². The van der Waals surface area contributed by atoms with Gasteiger partial charge in [-0.2, -0.15) is 4.98 Å². The second-order valence-electron chi connectivity index (χ2n) is 6.25. The van der Waals surface area contributed by atoms with Crippen LogP contribution in [0.4, 0.5) is 0 Å². The normalized spacial score (nSPS) is 17.9. The highest BCUT2D eigenvalue weighted by atomic mass is 16.5. The van der Waals surface area contributed by atoms with Gasteiger partial charge in [0.05, 0.1) is 12.5 Å². The molecule has 1 amide bonds. The van der Waals surface area contributed by atoms with Crippen LogP contribution in [0, 0.1) is 13.8 Å². The van der Waals surface area contributed by atoms with Crippen molar-refractivity contribution in [3.05, 3.63) is 47.1 Å². The molecule has 1 atom stereocenters. The van der Waals surface area contributed by atoms with E-state index in [1.807, 2.05) is 36.1 Å². The van der Waals surface area contributed by atoms with Crippen LogP contribution in [0.5, 0.6) is 0 Å². The molecule has 0 N–H and O–H groups in total. The predicted molar refractivity (Wildman–Crippen MR) is 88.3 cm³/mol. The Hall–Kier alpha value is -2.21. The van der Waals surface area contributed by atoms with Gasteiger partial charge in [-0.3, -0.25) is 4.79 Å². The zero-order chi connectivity index (χ0) is 16.9. The Kier molecular flexibility index (Phi) is 5.25. The number of aromatic nitrogens is 2. The molecule has 1 aromatic heterocycles. The molecule has 1 aliphatic rings. The SMILES string of the molecule is Cc1noc(COC2CCCN(C(=O)Cc3ccccc3C)C2)n1. The summed E-state index contributed by atoms with van der Waals surface area (Å²) in [4.78, 5) is 18.6. The van der Waals surface area contributed by atoms with Gasteiger partial charge in [0.1, 0.15) is 6.61 Å². The number of carbonyl (C=O) groups excluding carboxylic acids is 1. The molecule has 0 spiro atoms. The first kappa shape index (κ1) is 16.6. The zero-order valence-corrected chi connectivity index (χ0v) is 14.2. The molecule has 0 bridgehead atoms. The monoisotopic (exact) mass is 329 g/mol. The first-order valence-corrected chi connectivity index (χ1v) is 8.35. The molecule has 2 aromatic rings. The largest absolute Gasteiger partial charge is 0.367 e. The van der Waals surface area contributed by atoms with Crippen LogP contribution in [-0.4, -0.2) is 40.1 Å². The molecule has 1 aromatic carbocycles. The molecule has 2 heterocycles. The molecule has 24 heavy (non-hydrogen) atoms. The standard InChI is InChI=1S/C18H23N3O3/c1-13-6-3-4-7-15(13)10-18(22)21-9-5-8-16(11-21)23-12-17-19-14(2)20-24-17/h3-4,6-7,16H,5,8-12H2,1-2H3. The Morgan fingerprint density at radius 3 is 2.96 bits per heavy atom. The van der Waals surface area contributed by atoms with Crippen molar-refractivity contribution in [2.24, 2.45) is 0 Å². The van der Waals surface area contributed by atoms with Crippen molar-refractivity contribution in [3.63, 3.8) is 0 Å². The third-order valence-electron chi connectivity index (χ3n) is 4.35. The third kappa shape index (κ3) is 4.20. The van der Waals surface area contributed by atoms with Crippen LogP contribution in [-0.2, 0) is 22.6 Å². The molecule has 1 saturated heterocycles. The van der Waals surface area contributed by atoms with Gasteiger partial charge in [0, 0.05) is 13.1 Å². The van der Waals surface area contributed by atoms with Gasteiger partial charge in [-0.1, -0.05) is 29.4 Å². The fourth-order valence-corrected chi connectivity index (χ4v) is 2.97. The van der Waals surface area contributed by atoms with E-state index in [-0.39, 0.29) is 12.0 Å². The van der Waals surface area contributed by atoms with E-state index in [2.05, 4.69) is 10.1 Å². The van der Waals surface area contributed by atoms with E-state index in [1.165, 1.54) is 0 Å². The average Bonchev–Trinajstić information content (AvgIpc) is 3.01. The van der Waals surface area contributed by atoms with Crippen molar-refractivity contribution < 1.29 is 14.1 Å². The van der Waals surface area contributed by atoms with Crippen molar-refractivity contribution in [1.29, 1.82) is 0 Å². The summed E-state index contributed by atoms with van der Waals surface area (Å²) in [6, 6.07) is 8.03. The lowest BCUT2D eigenvalue weighted by Crippen LogP contribution is -2.43. The molecule has 6 heteroatoms. The summed E-state index contributed by atoms with van der Waals surface area (Å²) >= 11 is 0. The van der Waals surface area contributed by atoms with Crippen LogP contribution in [0.3, 0.4) is 0 Å². The van der Waals surface area contributed by atoms with E-state index in [9.17, 15) is 4.79 Å². The maximum absolute atomic E-state index is 12.6. The first-order valence-electron chi connectivity index (χ1n) is 8.35. The molecule has 128 valence electrons. The van der Waals surface area contributed by atoms with E-state index in [0.717, 1.165) is 30.5 Å². The lowest BCUT2D eigenvalue weighted by molar-refractivity contribution is -0.135. The molecular weight excluding hydrogens is 306 g/mol. The highest BCUT2D eigenvalue weighted by Crippen LogP contribution is 2.17. The number of carbonyl (C=O) groups is 1. The first-order chi connectivity index (χ1) is 11.6. The quantitative estimate of drug-likeness (QED) is 0.843. The van der Waals surface area contributed by atoms with E-state index in [0.29, 0.717) is 31.3 Å². The van der Waals surface area contributed by atoms with Crippen LogP contribution >= 0.6 is 0 Å². The lowest BCUT2D eigenvalue weighted by Gasteiger charge is -2.32. The molecule has 0 saturated carbocycles. The number of rotatable bonds is 5. The van der Waals surface area contributed by atoms with Crippen molar-refractivity contribution in [2.75, 3.05) is 13.1 Å². The highest BCUT2D eigenvalue weighted by Gasteiger charge is 2.25. The molecule has 0 radical (unpaired) electrons. The van der Waals surface area contributed by atoms with Crippen LogP contribution in [0.1, 0.15) is 35.7 Å². The molecule has 0 aliphatic carbocycles. The van der Waals surface area contributed by atoms with Crippen LogP contribution < -0.4 is 0 Å². The number of amides is 1. The minimum absolute atomic E-state index is 0.0202. The predicted octanol–water partition coefficient (Wildman–Crippen LogP) is 2.44. The fourth-order valence-electron chi connectivity index (χ4n) is 2.97. The number of hydrogen-bond donors (Lipinski definition) is 0. The maximum Gasteiger partial charge on any atom is 0.252 e. The lowest BCUT2D eigenvalue weighted by atomic mass is 10.0. The smallest absolute Gasteiger partial charge is 0.252 e. The van der Waals surface area contributed by atoms with Gasteiger partial charge < -0.3 is 14.2 Å². The summed E-state index contributed by atoms with van der Waals surface area (Å²) in [6.07, 6.45) is 2.36. The summed E-state index contributed by atoms with van der Waals surface area (Å²) in [7, 11) is 0. The summed E-state index contributed by atoms with van der Waals surface area (Å²) in [5.74, 6) is 1.24.